The van der Waals surface area contributed by atoms with Gasteiger partial charge in [0.1, 0.15) is 11.0 Å². The van der Waals surface area contributed by atoms with E-state index in [-0.39, 0.29) is 5.82 Å². The molecule has 0 atom stereocenters. The van der Waals surface area contributed by atoms with Gasteiger partial charge in [0.05, 0.1) is 0 Å². The molecule has 2 aromatic rings. The predicted molar refractivity (Wildman–Crippen MR) is 83.1 cm³/mol. The lowest BCUT2D eigenvalue weighted by atomic mass is 10.2. The Balaban J connectivity index is 2.13. The average molecular weight is 358 g/mol. The molecular formula is C15H15BrClFN2. The van der Waals surface area contributed by atoms with Crippen molar-refractivity contribution in [1.82, 2.24) is 9.88 Å². The molecule has 0 saturated carbocycles. The Labute approximate surface area is 131 Å². The third kappa shape index (κ3) is 4.01. The van der Waals surface area contributed by atoms with Crippen LogP contribution in [-0.4, -0.2) is 16.4 Å². The quantitative estimate of drug-likeness (QED) is 0.724. The van der Waals surface area contributed by atoms with Crippen molar-refractivity contribution < 1.29 is 4.39 Å². The zero-order chi connectivity index (χ0) is 14.5. The highest BCUT2D eigenvalue weighted by molar-refractivity contribution is 9.10. The second-order valence-corrected chi connectivity index (χ2v) is 5.77. The zero-order valence-corrected chi connectivity index (χ0v) is 13.5. The van der Waals surface area contributed by atoms with E-state index in [9.17, 15) is 4.39 Å². The number of hydrogen-bond donors (Lipinski definition) is 0. The molecule has 2 nitrogen and oxygen atoms in total. The predicted octanol–water partition coefficient (Wildman–Crippen LogP) is 4.66. The third-order valence-corrected chi connectivity index (χ3v) is 3.91. The first-order valence-electron chi connectivity index (χ1n) is 6.36. The summed E-state index contributed by atoms with van der Waals surface area (Å²) in [5.41, 5.74) is 1.62. The van der Waals surface area contributed by atoms with Crippen LogP contribution >= 0.6 is 27.5 Å². The first-order valence-corrected chi connectivity index (χ1v) is 7.53. The van der Waals surface area contributed by atoms with Crippen LogP contribution in [0.25, 0.3) is 0 Å². The van der Waals surface area contributed by atoms with Crippen molar-refractivity contribution in [2.75, 3.05) is 6.54 Å². The van der Waals surface area contributed by atoms with Crippen LogP contribution in [0.2, 0.25) is 5.15 Å². The van der Waals surface area contributed by atoms with Crippen molar-refractivity contribution in [1.29, 1.82) is 0 Å². The molecule has 0 bridgehead atoms. The van der Waals surface area contributed by atoms with Crippen LogP contribution in [0.3, 0.4) is 0 Å². The van der Waals surface area contributed by atoms with E-state index < -0.39 is 0 Å². The molecule has 2 rings (SSSR count). The SMILES string of the molecule is CCN(Cc1cc(Br)ccc1F)Cc1cccnc1Cl. The van der Waals surface area contributed by atoms with E-state index in [2.05, 4.69) is 25.8 Å². The lowest BCUT2D eigenvalue weighted by Crippen LogP contribution is -2.23. The fraction of sp³-hybridized carbons (Fsp3) is 0.267. The van der Waals surface area contributed by atoms with E-state index in [0.717, 1.165) is 16.6 Å². The fourth-order valence-corrected chi connectivity index (χ4v) is 2.55. The number of pyridine rings is 1. The van der Waals surface area contributed by atoms with Crippen molar-refractivity contribution >= 4 is 27.5 Å². The molecule has 0 aliphatic carbocycles. The second-order valence-electron chi connectivity index (χ2n) is 4.49. The summed E-state index contributed by atoms with van der Waals surface area (Å²) >= 11 is 9.44. The molecule has 0 radical (unpaired) electrons. The van der Waals surface area contributed by atoms with Crippen molar-refractivity contribution in [3.63, 3.8) is 0 Å². The molecule has 1 aromatic heterocycles. The summed E-state index contributed by atoms with van der Waals surface area (Å²) in [5, 5.41) is 0.501. The van der Waals surface area contributed by atoms with Crippen LogP contribution in [0.5, 0.6) is 0 Å². The Bertz CT molecular complexity index is 592. The fourth-order valence-electron chi connectivity index (χ4n) is 1.96. The molecule has 5 heteroatoms. The lowest BCUT2D eigenvalue weighted by molar-refractivity contribution is 0.267. The van der Waals surface area contributed by atoms with Crippen molar-refractivity contribution in [3.05, 3.63) is 63.1 Å². The topological polar surface area (TPSA) is 16.1 Å². The van der Waals surface area contributed by atoms with Crippen LogP contribution in [0.4, 0.5) is 4.39 Å². The van der Waals surface area contributed by atoms with E-state index in [1.54, 1.807) is 12.3 Å². The van der Waals surface area contributed by atoms with Crippen molar-refractivity contribution in [3.8, 4) is 0 Å². The summed E-state index contributed by atoms with van der Waals surface area (Å²) in [6.45, 7) is 4.03. The van der Waals surface area contributed by atoms with Gasteiger partial charge in [-0.3, -0.25) is 4.90 Å². The summed E-state index contributed by atoms with van der Waals surface area (Å²) in [6, 6.07) is 8.78. The average Bonchev–Trinajstić information content (AvgIpc) is 2.44. The highest BCUT2D eigenvalue weighted by Gasteiger charge is 2.11. The third-order valence-electron chi connectivity index (χ3n) is 3.08. The second kappa shape index (κ2) is 7.16. The number of rotatable bonds is 5. The molecule has 106 valence electrons. The number of hydrogen-bond acceptors (Lipinski definition) is 2. The highest BCUT2D eigenvalue weighted by Crippen LogP contribution is 2.19. The van der Waals surface area contributed by atoms with Gasteiger partial charge < -0.3 is 0 Å². The minimum Gasteiger partial charge on any atom is -0.295 e. The van der Waals surface area contributed by atoms with E-state index in [0.29, 0.717) is 23.8 Å². The van der Waals surface area contributed by atoms with Crippen LogP contribution in [0.1, 0.15) is 18.1 Å². The van der Waals surface area contributed by atoms with Crippen molar-refractivity contribution in [2.24, 2.45) is 0 Å². The van der Waals surface area contributed by atoms with E-state index >= 15 is 0 Å². The van der Waals surface area contributed by atoms with Gasteiger partial charge in [0.2, 0.25) is 0 Å². The van der Waals surface area contributed by atoms with Crippen LogP contribution < -0.4 is 0 Å². The Morgan fingerprint density at radius 2 is 2.00 bits per heavy atom. The standard InChI is InChI=1S/C15H15BrClFN2/c1-2-20(9-11-4-3-7-19-15(11)17)10-12-8-13(16)5-6-14(12)18/h3-8H,2,9-10H2,1H3. The zero-order valence-electron chi connectivity index (χ0n) is 11.1. The Morgan fingerprint density at radius 3 is 2.70 bits per heavy atom. The van der Waals surface area contributed by atoms with Gasteiger partial charge in [0.15, 0.2) is 0 Å². The molecule has 0 unspecified atom stereocenters. The highest BCUT2D eigenvalue weighted by atomic mass is 79.9. The molecule has 0 amide bonds. The summed E-state index contributed by atoms with van der Waals surface area (Å²) in [6.07, 6.45) is 1.66. The van der Waals surface area contributed by atoms with Gasteiger partial charge in [-0.25, -0.2) is 9.37 Å². The first-order chi connectivity index (χ1) is 9.60. The smallest absolute Gasteiger partial charge is 0.133 e. The van der Waals surface area contributed by atoms with Crippen LogP contribution in [-0.2, 0) is 13.1 Å². The van der Waals surface area contributed by atoms with Crippen LogP contribution in [0, 0.1) is 5.82 Å². The molecule has 1 aromatic carbocycles. The van der Waals surface area contributed by atoms with Crippen LogP contribution in [0.15, 0.2) is 41.0 Å². The molecule has 0 fully saturated rings. The van der Waals surface area contributed by atoms with Crippen molar-refractivity contribution in [2.45, 2.75) is 20.0 Å². The van der Waals surface area contributed by atoms with Gasteiger partial charge in [-0.05, 0) is 30.8 Å². The minimum atomic E-state index is -0.191. The molecule has 0 aliphatic heterocycles. The van der Waals surface area contributed by atoms with Gasteiger partial charge in [-0.1, -0.05) is 40.5 Å². The van der Waals surface area contributed by atoms with E-state index in [4.69, 9.17) is 11.6 Å². The van der Waals surface area contributed by atoms with Gasteiger partial charge in [-0.2, -0.15) is 0 Å². The number of nitrogens with zero attached hydrogens (tertiary/aromatic N) is 2. The normalized spacial score (nSPS) is 11.1. The Hall–Kier alpha value is -0.970. The summed E-state index contributed by atoms with van der Waals surface area (Å²) < 4.78 is 14.7. The van der Waals surface area contributed by atoms with Gasteiger partial charge >= 0.3 is 0 Å². The number of aromatic nitrogens is 1. The molecule has 0 saturated heterocycles. The lowest BCUT2D eigenvalue weighted by Gasteiger charge is -2.21. The summed E-state index contributed by atoms with van der Waals surface area (Å²) in [5.74, 6) is -0.191. The monoisotopic (exact) mass is 356 g/mol. The number of benzene rings is 1. The Morgan fingerprint density at radius 1 is 1.25 bits per heavy atom. The van der Waals surface area contributed by atoms with E-state index in [1.165, 1.54) is 6.07 Å². The van der Waals surface area contributed by atoms with Gasteiger partial charge in [0, 0.05) is 34.9 Å². The largest absolute Gasteiger partial charge is 0.295 e. The molecule has 0 spiro atoms. The molecule has 0 N–H and O–H groups in total. The van der Waals surface area contributed by atoms with E-state index in [1.807, 2.05) is 25.1 Å². The maximum atomic E-state index is 13.8. The van der Waals surface area contributed by atoms with Gasteiger partial charge in [0.25, 0.3) is 0 Å². The number of halogens is 3. The Kier molecular flexibility index (Phi) is 5.52. The summed E-state index contributed by atoms with van der Waals surface area (Å²) in [4.78, 5) is 6.18. The molecule has 0 aliphatic rings. The molecule has 20 heavy (non-hydrogen) atoms. The molecular weight excluding hydrogens is 343 g/mol. The molecule has 1 heterocycles. The summed E-state index contributed by atoms with van der Waals surface area (Å²) in [7, 11) is 0. The maximum Gasteiger partial charge on any atom is 0.133 e. The van der Waals surface area contributed by atoms with Gasteiger partial charge in [-0.15, -0.1) is 0 Å². The maximum absolute atomic E-state index is 13.8. The minimum absolute atomic E-state index is 0.191. The first kappa shape index (κ1) is 15.4.